The van der Waals surface area contributed by atoms with Gasteiger partial charge < -0.3 is 9.97 Å². The summed E-state index contributed by atoms with van der Waals surface area (Å²) in [6.07, 6.45) is 3.86. The van der Waals surface area contributed by atoms with E-state index in [1.165, 1.54) is 41.7 Å². The Labute approximate surface area is 281 Å². The van der Waals surface area contributed by atoms with E-state index < -0.39 is 14.0 Å². The Hall–Kier alpha value is -3.47. The molecule has 5 heteroatoms. The summed E-state index contributed by atoms with van der Waals surface area (Å²) >= 11 is 1.81. The van der Waals surface area contributed by atoms with Gasteiger partial charge in [0.25, 0.3) is 0 Å². The standard InChI is InChI=1S/C24H18NS.C15H18NSi.Ir/c1-15(2)17-12-13-25-22(14-17)21-9-5-8-19-20-11-10-16-6-3-4-7-18(16)23(20)26-24(19)21;1-12-10-14(13-8-6-5-7-9-13)16-11-15(12)17(2,3)4;/h3-8,10-15H,1-2H3;5-8,10-11H,1-4H3;/q2*-1;/i15D;;. The van der Waals surface area contributed by atoms with Gasteiger partial charge >= 0.3 is 0 Å². The van der Waals surface area contributed by atoms with Crippen LogP contribution in [-0.2, 0) is 20.1 Å². The molecule has 4 aromatic carbocycles. The number of benzene rings is 4. The number of aryl methyl sites for hydroxylation is 1. The summed E-state index contributed by atoms with van der Waals surface area (Å²) in [4.78, 5) is 9.18. The molecule has 0 saturated carbocycles. The van der Waals surface area contributed by atoms with Crippen LogP contribution >= 0.6 is 11.3 Å². The normalized spacial score (nSPS) is 12.0. The van der Waals surface area contributed by atoms with E-state index in [9.17, 15) is 0 Å². The first-order valence-electron chi connectivity index (χ1n) is 15.2. The maximum absolute atomic E-state index is 8.34. The van der Waals surface area contributed by atoms with Gasteiger partial charge in [0, 0.05) is 38.6 Å². The zero-order chi connectivity index (χ0) is 31.1. The molecule has 0 fully saturated rings. The van der Waals surface area contributed by atoms with Crippen molar-refractivity contribution in [1.29, 1.82) is 0 Å². The van der Waals surface area contributed by atoms with Crippen LogP contribution in [0.25, 0.3) is 53.5 Å². The molecule has 44 heavy (non-hydrogen) atoms. The maximum Gasteiger partial charge on any atom is 0.0798 e. The van der Waals surface area contributed by atoms with Crippen LogP contribution < -0.4 is 5.19 Å². The van der Waals surface area contributed by atoms with Gasteiger partial charge in [0.2, 0.25) is 0 Å². The minimum Gasteiger partial charge on any atom is -0.305 e. The van der Waals surface area contributed by atoms with E-state index >= 15 is 0 Å². The summed E-state index contributed by atoms with van der Waals surface area (Å²) in [6.45, 7) is 13.0. The summed E-state index contributed by atoms with van der Waals surface area (Å²) in [7, 11) is -1.27. The molecule has 0 N–H and O–H groups in total. The third kappa shape index (κ3) is 6.48. The smallest absolute Gasteiger partial charge is 0.0798 e. The molecule has 2 nitrogen and oxygen atoms in total. The van der Waals surface area contributed by atoms with Crippen LogP contribution in [0, 0.1) is 19.1 Å². The number of rotatable bonds is 4. The Morgan fingerprint density at radius 2 is 1.55 bits per heavy atom. The Morgan fingerprint density at radius 1 is 0.773 bits per heavy atom. The van der Waals surface area contributed by atoms with Crippen molar-refractivity contribution >= 4 is 55.5 Å². The van der Waals surface area contributed by atoms with Gasteiger partial charge in [-0.2, -0.15) is 11.3 Å². The Bertz CT molecular complexity index is 2110. The molecule has 0 aliphatic rings. The third-order valence-electron chi connectivity index (χ3n) is 7.82. The quantitative estimate of drug-likeness (QED) is 0.131. The fourth-order valence-electron chi connectivity index (χ4n) is 5.58. The van der Waals surface area contributed by atoms with Crippen molar-refractivity contribution < 1.29 is 21.5 Å². The van der Waals surface area contributed by atoms with Crippen LogP contribution in [0.15, 0.2) is 103 Å². The summed E-state index contributed by atoms with van der Waals surface area (Å²) in [5, 5.41) is 6.51. The molecular weight excluding hydrogens is 749 g/mol. The summed E-state index contributed by atoms with van der Waals surface area (Å²) < 4.78 is 10.8. The average Bonchev–Trinajstić information content (AvgIpc) is 3.40. The third-order valence-corrected chi connectivity index (χ3v) is 11.2. The SMILES string of the molecule is Cc1cc(-c2[c-]cccc2)ncc1[Si](C)(C)C.[2H]C(C)(C)c1ccnc(-c2[c-]ccc3c2sc2c4ccccc4ccc32)c1.[Ir]. The molecule has 0 amide bonds. The van der Waals surface area contributed by atoms with Crippen LogP contribution in [0.3, 0.4) is 0 Å². The van der Waals surface area contributed by atoms with Gasteiger partial charge in [-0.1, -0.05) is 98.5 Å². The second-order valence-corrected chi connectivity index (χ2v) is 18.3. The molecule has 1 radical (unpaired) electrons. The molecule has 0 saturated heterocycles. The molecule has 0 unspecified atom stereocenters. The van der Waals surface area contributed by atoms with E-state index in [2.05, 4.69) is 109 Å². The van der Waals surface area contributed by atoms with Crippen LogP contribution in [-0.4, -0.2) is 18.0 Å². The van der Waals surface area contributed by atoms with Crippen LogP contribution in [0.5, 0.6) is 0 Å². The van der Waals surface area contributed by atoms with Crippen molar-refractivity contribution in [2.45, 2.75) is 46.3 Å². The second kappa shape index (κ2) is 13.3. The molecule has 0 atom stereocenters. The molecule has 3 aromatic heterocycles. The van der Waals surface area contributed by atoms with Gasteiger partial charge in [-0.3, -0.25) is 0 Å². The maximum atomic E-state index is 8.34. The zero-order valence-electron chi connectivity index (χ0n) is 27.0. The molecule has 0 bridgehead atoms. The Balaban J connectivity index is 0.000000193. The summed E-state index contributed by atoms with van der Waals surface area (Å²) in [6, 6.07) is 37.8. The number of pyridine rings is 2. The first-order valence-corrected chi connectivity index (χ1v) is 19.0. The number of hydrogen-bond donors (Lipinski definition) is 0. The monoisotopic (exact) mass is 786 g/mol. The molecule has 7 aromatic rings. The molecule has 3 heterocycles. The minimum absolute atomic E-state index is 0. The molecule has 223 valence electrons. The van der Waals surface area contributed by atoms with Crippen molar-refractivity contribution in [2.24, 2.45) is 0 Å². The molecule has 7 rings (SSSR count). The number of thiophene rings is 1. The van der Waals surface area contributed by atoms with Gasteiger partial charge in [-0.15, -0.1) is 59.7 Å². The summed E-state index contributed by atoms with van der Waals surface area (Å²) in [5.41, 5.74) is 6.30. The van der Waals surface area contributed by atoms with Crippen molar-refractivity contribution in [3.05, 3.63) is 127 Å². The van der Waals surface area contributed by atoms with Crippen LogP contribution in [0.4, 0.5) is 0 Å². The molecule has 0 spiro atoms. The van der Waals surface area contributed by atoms with Crippen molar-refractivity contribution in [3.63, 3.8) is 0 Å². The molecular formula is C39H36IrN2SSi-2. The minimum atomic E-state index is -1.27. The average molecular weight is 786 g/mol. The van der Waals surface area contributed by atoms with E-state index in [0.717, 1.165) is 28.1 Å². The van der Waals surface area contributed by atoms with E-state index in [4.69, 9.17) is 1.37 Å². The van der Waals surface area contributed by atoms with Crippen LogP contribution in [0.2, 0.25) is 19.6 Å². The van der Waals surface area contributed by atoms with E-state index in [1.807, 2.05) is 61.6 Å². The van der Waals surface area contributed by atoms with Gasteiger partial charge in [-0.25, -0.2) is 0 Å². The van der Waals surface area contributed by atoms with E-state index in [0.29, 0.717) is 0 Å². The number of aromatic nitrogens is 2. The number of hydrogen-bond acceptors (Lipinski definition) is 3. The first kappa shape index (κ1) is 30.5. The topological polar surface area (TPSA) is 25.8 Å². The number of fused-ring (bicyclic) bond motifs is 5. The molecule has 0 aliphatic carbocycles. The fraction of sp³-hybridized carbons (Fsp3) is 0.179. The van der Waals surface area contributed by atoms with E-state index in [-0.39, 0.29) is 20.1 Å². The zero-order valence-corrected chi connectivity index (χ0v) is 30.2. The molecule has 0 aliphatic heterocycles. The summed E-state index contributed by atoms with van der Waals surface area (Å²) in [5.74, 6) is -0.651. The van der Waals surface area contributed by atoms with Gasteiger partial charge in [0.15, 0.2) is 0 Å². The largest absolute Gasteiger partial charge is 0.305 e. The van der Waals surface area contributed by atoms with E-state index in [1.54, 1.807) is 6.20 Å². The fourth-order valence-corrected chi connectivity index (χ4v) is 8.63. The Morgan fingerprint density at radius 3 is 2.27 bits per heavy atom. The second-order valence-electron chi connectivity index (χ2n) is 12.2. The first-order chi connectivity index (χ1) is 21.0. The van der Waals surface area contributed by atoms with Crippen molar-refractivity contribution in [2.75, 3.05) is 0 Å². The van der Waals surface area contributed by atoms with Crippen LogP contribution in [0.1, 0.15) is 32.2 Å². The van der Waals surface area contributed by atoms with Gasteiger partial charge in [0.05, 0.1) is 8.07 Å². The van der Waals surface area contributed by atoms with Crippen molar-refractivity contribution in [1.82, 2.24) is 9.97 Å². The van der Waals surface area contributed by atoms with Gasteiger partial charge in [-0.05, 0) is 56.3 Å². The van der Waals surface area contributed by atoms with Gasteiger partial charge in [0.1, 0.15) is 0 Å². The predicted octanol–water partition coefficient (Wildman–Crippen LogP) is 10.6. The predicted molar refractivity (Wildman–Crippen MR) is 189 cm³/mol. The Kier molecular flexibility index (Phi) is 9.20. The number of nitrogens with zero attached hydrogens (tertiary/aromatic N) is 2. The van der Waals surface area contributed by atoms with Crippen molar-refractivity contribution in [3.8, 4) is 22.5 Å².